The quantitative estimate of drug-likeness (QED) is 0.792. The van der Waals surface area contributed by atoms with Crippen LogP contribution >= 0.6 is 0 Å². The first-order valence-electron chi connectivity index (χ1n) is 7.92. The predicted molar refractivity (Wildman–Crippen MR) is 88.1 cm³/mol. The van der Waals surface area contributed by atoms with Crippen LogP contribution in [-0.2, 0) is 9.59 Å². The van der Waals surface area contributed by atoms with E-state index in [1.54, 1.807) is 19.1 Å². The van der Waals surface area contributed by atoms with Crippen molar-refractivity contribution >= 4 is 17.4 Å². The Morgan fingerprint density at radius 1 is 1.35 bits per heavy atom. The van der Waals surface area contributed by atoms with Crippen molar-refractivity contribution in [3.8, 4) is 0 Å². The van der Waals surface area contributed by atoms with Crippen LogP contribution in [0.25, 0.3) is 5.57 Å². The van der Waals surface area contributed by atoms with Gasteiger partial charge in [-0.2, -0.15) is 0 Å². The SMILES string of the molecule is Cc1cc(/C(=C/C(=O)NCC(=O)NC2CC2)C(C)C)ccc1F. The summed E-state index contributed by atoms with van der Waals surface area (Å²) in [6, 6.07) is 5.08. The molecule has 23 heavy (non-hydrogen) atoms. The molecule has 1 aromatic carbocycles. The van der Waals surface area contributed by atoms with Gasteiger partial charge in [-0.05, 0) is 54.5 Å². The minimum absolute atomic E-state index is 0.0281. The Morgan fingerprint density at radius 3 is 2.61 bits per heavy atom. The summed E-state index contributed by atoms with van der Waals surface area (Å²) in [5.41, 5.74) is 2.17. The zero-order valence-corrected chi connectivity index (χ0v) is 13.8. The lowest BCUT2D eigenvalue weighted by Gasteiger charge is -2.13. The Labute approximate surface area is 136 Å². The number of carbonyl (C=O) groups is 2. The number of aryl methyl sites for hydroxylation is 1. The van der Waals surface area contributed by atoms with Gasteiger partial charge in [-0.15, -0.1) is 0 Å². The summed E-state index contributed by atoms with van der Waals surface area (Å²) in [6.45, 7) is 5.61. The number of hydrogen-bond acceptors (Lipinski definition) is 2. The fraction of sp³-hybridized carbons (Fsp3) is 0.444. The zero-order valence-electron chi connectivity index (χ0n) is 13.8. The molecule has 5 heteroatoms. The summed E-state index contributed by atoms with van der Waals surface area (Å²) in [4.78, 5) is 23.6. The molecular formula is C18H23FN2O2. The van der Waals surface area contributed by atoms with Crippen molar-refractivity contribution in [3.05, 3.63) is 41.2 Å². The first-order valence-corrected chi connectivity index (χ1v) is 7.92. The molecule has 0 unspecified atom stereocenters. The molecule has 1 aliphatic rings. The van der Waals surface area contributed by atoms with Crippen LogP contribution in [0.1, 0.15) is 37.8 Å². The van der Waals surface area contributed by atoms with Gasteiger partial charge in [0.15, 0.2) is 0 Å². The van der Waals surface area contributed by atoms with Gasteiger partial charge < -0.3 is 10.6 Å². The van der Waals surface area contributed by atoms with Crippen LogP contribution in [0.3, 0.4) is 0 Å². The number of hydrogen-bond donors (Lipinski definition) is 2. The second-order valence-corrected chi connectivity index (χ2v) is 6.28. The Balaban J connectivity index is 2.03. The van der Waals surface area contributed by atoms with Gasteiger partial charge in [0.1, 0.15) is 5.82 Å². The normalized spacial score (nSPS) is 14.7. The Hall–Kier alpha value is -2.17. The molecule has 0 spiro atoms. The van der Waals surface area contributed by atoms with Crippen LogP contribution in [0.4, 0.5) is 4.39 Å². The van der Waals surface area contributed by atoms with E-state index in [2.05, 4.69) is 10.6 Å². The van der Waals surface area contributed by atoms with E-state index in [9.17, 15) is 14.0 Å². The number of nitrogens with one attached hydrogen (secondary N) is 2. The first-order chi connectivity index (χ1) is 10.9. The standard InChI is InChI=1S/C18H23FN2O2/c1-11(2)15(13-4-7-16(19)12(3)8-13)9-17(22)20-10-18(23)21-14-5-6-14/h4,7-9,11,14H,5-6,10H2,1-3H3,(H,20,22)(H,21,23)/b15-9+. The molecule has 2 N–H and O–H groups in total. The van der Waals surface area contributed by atoms with Crippen molar-refractivity contribution in [1.82, 2.24) is 10.6 Å². The fourth-order valence-electron chi connectivity index (χ4n) is 2.27. The monoisotopic (exact) mass is 318 g/mol. The molecule has 2 amide bonds. The van der Waals surface area contributed by atoms with Crippen LogP contribution < -0.4 is 10.6 Å². The summed E-state index contributed by atoms with van der Waals surface area (Å²) in [7, 11) is 0. The maximum absolute atomic E-state index is 13.4. The molecule has 0 radical (unpaired) electrons. The summed E-state index contributed by atoms with van der Waals surface area (Å²) in [5.74, 6) is -0.649. The second-order valence-electron chi connectivity index (χ2n) is 6.28. The molecule has 0 aromatic heterocycles. The highest BCUT2D eigenvalue weighted by Gasteiger charge is 2.23. The summed E-state index contributed by atoms with van der Waals surface area (Å²) >= 11 is 0. The van der Waals surface area contributed by atoms with Crippen molar-refractivity contribution in [3.63, 3.8) is 0 Å². The Kier molecular flexibility index (Phi) is 5.53. The van der Waals surface area contributed by atoms with Crippen LogP contribution in [-0.4, -0.2) is 24.4 Å². The van der Waals surface area contributed by atoms with Gasteiger partial charge in [0, 0.05) is 12.1 Å². The van der Waals surface area contributed by atoms with Crippen LogP contribution in [0, 0.1) is 18.7 Å². The summed E-state index contributed by atoms with van der Waals surface area (Å²) in [6.07, 6.45) is 3.52. The Bertz CT molecular complexity index is 634. The number of amides is 2. The maximum atomic E-state index is 13.4. The topological polar surface area (TPSA) is 58.2 Å². The van der Waals surface area contributed by atoms with Gasteiger partial charge in [-0.1, -0.05) is 19.9 Å². The van der Waals surface area contributed by atoms with Gasteiger partial charge in [-0.3, -0.25) is 9.59 Å². The van der Waals surface area contributed by atoms with E-state index in [4.69, 9.17) is 0 Å². The lowest BCUT2D eigenvalue weighted by molar-refractivity contribution is -0.124. The summed E-state index contributed by atoms with van der Waals surface area (Å²) in [5, 5.41) is 5.41. The molecule has 0 bridgehead atoms. The molecule has 4 nitrogen and oxygen atoms in total. The van der Waals surface area contributed by atoms with Crippen molar-refractivity contribution in [1.29, 1.82) is 0 Å². The van der Waals surface area contributed by atoms with Crippen molar-refractivity contribution in [2.24, 2.45) is 5.92 Å². The number of benzene rings is 1. The number of rotatable bonds is 6. The van der Waals surface area contributed by atoms with Crippen LogP contribution in [0.15, 0.2) is 24.3 Å². The van der Waals surface area contributed by atoms with Gasteiger partial charge >= 0.3 is 0 Å². The van der Waals surface area contributed by atoms with Crippen molar-refractivity contribution in [2.45, 2.75) is 39.7 Å². The third kappa shape index (κ3) is 5.20. The average Bonchev–Trinajstić information content (AvgIpc) is 3.29. The highest BCUT2D eigenvalue weighted by molar-refractivity contribution is 5.97. The molecule has 1 aliphatic carbocycles. The fourth-order valence-corrected chi connectivity index (χ4v) is 2.27. The van der Waals surface area contributed by atoms with Crippen molar-refractivity contribution in [2.75, 3.05) is 6.54 Å². The van der Waals surface area contributed by atoms with Gasteiger partial charge in [0.2, 0.25) is 11.8 Å². The van der Waals surface area contributed by atoms with E-state index in [1.165, 1.54) is 12.1 Å². The lowest BCUT2D eigenvalue weighted by Crippen LogP contribution is -2.37. The zero-order chi connectivity index (χ0) is 17.0. The first kappa shape index (κ1) is 17.2. The van der Waals surface area contributed by atoms with E-state index in [0.29, 0.717) is 5.56 Å². The van der Waals surface area contributed by atoms with Gasteiger partial charge in [-0.25, -0.2) is 4.39 Å². The van der Waals surface area contributed by atoms with Gasteiger partial charge in [0.25, 0.3) is 0 Å². The van der Waals surface area contributed by atoms with E-state index in [0.717, 1.165) is 24.0 Å². The highest BCUT2D eigenvalue weighted by atomic mass is 19.1. The van der Waals surface area contributed by atoms with E-state index in [-0.39, 0.29) is 36.1 Å². The van der Waals surface area contributed by atoms with Gasteiger partial charge in [0.05, 0.1) is 6.54 Å². The third-order valence-corrected chi connectivity index (χ3v) is 3.77. The van der Waals surface area contributed by atoms with E-state index >= 15 is 0 Å². The van der Waals surface area contributed by atoms with Crippen LogP contribution in [0.5, 0.6) is 0 Å². The molecule has 124 valence electrons. The van der Waals surface area contributed by atoms with Crippen molar-refractivity contribution < 1.29 is 14.0 Å². The largest absolute Gasteiger partial charge is 0.352 e. The van der Waals surface area contributed by atoms with E-state index in [1.807, 2.05) is 13.8 Å². The van der Waals surface area contributed by atoms with E-state index < -0.39 is 0 Å². The molecule has 0 saturated heterocycles. The number of allylic oxidation sites excluding steroid dienone is 1. The summed E-state index contributed by atoms with van der Waals surface area (Å²) < 4.78 is 13.4. The lowest BCUT2D eigenvalue weighted by atomic mass is 9.93. The molecule has 1 aromatic rings. The molecular weight excluding hydrogens is 295 g/mol. The Morgan fingerprint density at radius 2 is 2.04 bits per heavy atom. The maximum Gasteiger partial charge on any atom is 0.244 e. The highest BCUT2D eigenvalue weighted by Crippen LogP contribution is 2.24. The third-order valence-electron chi connectivity index (χ3n) is 3.77. The number of carbonyl (C=O) groups excluding carboxylic acids is 2. The second kappa shape index (κ2) is 7.40. The van der Waals surface area contributed by atoms with Crippen LogP contribution in [0.2, 0.25) is 0 Å². The molecule has 1 saturated carbocycles. The predicted octanol–water partition coefficient (Wildman–Crippen LogP) is 2.57. The molecule has 1 fully saturated rings. The minimum Gasteiger partial charge on any atom is -0.352 e. The molecule has 2 rings (SSSR count). The molecule has 0 atom stereocenters. The molecule has 0 heterocycles. The minimum atomic E-state index is -0.318. The smallest absolute Gasteiger partial charge is 0.244 e. The average molecular weight is 318 g/mol. The number of halogens is 1. The molecule has 0 aliphatic heterocycles.